The lowest BCUT2D eigenvalue weighted by atomic mass is 10.1. The summed E-state index contributed by atoms with van der Waals surface area (Å²) in [7, 11) is 5.74. The van der Waals surface area contributed by atoms with Crippen LogP contribution in [-0.4, -0.2) is 54.0 Å². The van der Waals surface area contributed by atoms with Crippen LogP contribution in [0.1, 0.15) is 13.3 Å². The minimum Gasteiger partial charge on any atom is -0.481 e. The Labute approximate surface area is 73.0 Å². The first kappa shape index (κ1) is 11.4. The third-order valence-electron chi connectivity index (χ3n) is 1.35. The topological polar surface area (TPSA) is 57.5 Å². The first-order valence-electron chi connectivity index (χ1n) is 3.87. The molecule has 0 aromatic carbocycles. The Kier molecular flexibility index (Phi) is 3.24. The zero-order chi connectivity index (χ0) is 9.99. The van der Waals surface area contributed by atoms with Gasteiger partial charge < -0.3 is 14.7 Å². The highest BCUT2D eigenvalue weighted by atomic mass is 16.4. The van der Waals surface area contributed by atoms with Crippen LogP contribution in [-0.2, 0) is 4.79 Å². The molecule has 0 saturated heterocycles. The summed E-state index contributed by atoms with van der Waals surface area (Å²) >= 11 is 0. The highest BCUT2D eigenvalue weighted by Gasteiger charge is 2.30. The molecule has 2 N–H and O–H groups in total. The molecule has 4 heteroatoms. The van der Waals surface area contributed by atoms with E-state index in [1.165, 1.54) is 0 Å². The molecule has 0 aromatic rings. The quantitative estimate of drug-likeness (QED) is 0.592. The number of likely N-dealkylation sites (N-methyl/N-ethyl adjacent to an activating group) is 1. The molecule has 0 rings (SSSR count). The van der Waals surface area contributed by atoms with E-state index in [1.54, 1.807) is 6.92 Å². The summed E-state index contributed by atoms with van der Waals surface area (Å²) < 4.78 is 0.556. The number of aliphatic hydroxyl groups is 1. The third-order valence-corrected chi connectivity index (χ3v) is 1.35. The van der Waals surface area contributed by atoms with Crippen LogP contribution in [0.15, 0.2) is 0 Å². The number of nitrogens with zero attached hydrogens (tertiary/aromatic N) is 1. The lowest BCUT2D eigenvalue weighted by molar-refractivity contribution is -0.876. The van der Waals surface area contributed by atoms with Gasteiger partial charge in [-0.25, -0.2) is 0 Å². The predicted molar refractivity (Wildman–Crippen MR) is 45.8 cm³/mol. The van der Waals surface area contributed by atoms with Gasteiger partial charge in [0.1, 0.15) is 12.1 Å². The molecule has 0 aliphatic rings. The fourth-order valence-corrected chi connectivity index (χ4v) is 1.40. The molecule has 1 atom stereocenters. The lowest BCUT2D eigenvalue weighted by Gasteiger charge is -2.32. The molecule has 0 unspecified atom stereocenters. The van der Waals surface area contributed by atoms with E-state index in [9.17, 15) is 9.90 Å². The molecule has 0 bridgehead atoms. The molecule has 0 aliphatic heterocycles. The normalized spacial score (nSPS) is 17.1. The number of quaternary nitrogens is 1. The first-order chi connectivity index (χ1) is 5.12. The van der Waals surface area contributed by atoms with Gasteiger partial charge in [-0.3, -0.25) is 4.79 Å². The number of carboxylic acid groups (broad SMARTS) is 1. The van der Waals surface area contributed by atoms with Crippen LogP contribution in [0.5, 0.6) is 0 Å². The van der Waals surface area contributed by atoms with Gasteiger partial charge >= 0.3 is 5.97 Å². The average Bonchev–Trinajstić information content (AvgIpc) is 1.48. The molecule has 0 spiro atoms. The standard InChI is InChI=1S/C8H17NO3/c1-8(12,5-7(10)11)6-9(2,3)4/h12H,5-6H2,1-4H3/p+1/t8-/m1/s1/i1+2. The maximum Gasteiger partial charge on any atom is 0.306 e. The number of aliphatic carboxylic acids is 1. The van der Waals surface area contributed by atoms with E-state index in [-0.39, 0.29) is 6.42 Å². The van der Waals surface area contributed by atoms with Crippen molar-refractivity contribution in [1.29, 1.82) is 0 Å². The third kappa shape index (κ3) is 6.12. The second-order valence-electron chi connectivity index (χ2n) is 4.52. The summed E-state index contributed by atoms with van der Waals surface area (Å²) in [6, 6.07) is 0. The molecule has 4 nitrogen and oxygen atoms in total. The molecule has 72 valence electrons. The Balaban J connectivity index is 4.13. The average molecular weight is 178 g/mol. The van der Waals surface area contributed by atoms with E-state index in [1.807, 2.05) is 21.1 Å². The Morgan fingerprint density at radius 3 is 2.17 bits per heavy atom. The largest absolute Gasteiger partial charge is 0.481 e. The van der Waals surface area contributed by atoms with E-state index in [0.29, 0.717) is 11.0 Å². The second-order valence-corrected chi connectivity index (χ2v) is 4.52. The van der Waals surface area contributed by atoms with Gasteiger partial charge in [0.25, 0.3) is 0 Å². The minimum atomic E-state index is -1.12. The van der Waals surface area contributed by atoms with Crippen molar-refractivity contribution >= 4 is 5.97 Å². The molecular formula is C8H18NO3+. The molecule has 12 heavy (non-hydrogen) atoms. The van der Waals surface area contributed by atoms with E-state index in [0.717, 1.165) is 0 Å². The van der Waals surface area contributed by atoms with Crippen molar-refractivity contribution in [3.05, 3.63) is 0 Å². The number of hydrogen-bond donors (Lipinski definition) is 2. The van der Waals surface area contributed by atoms with Gasteiger partial charge in [-0.2, -0.15) is 0 Å². The van der Waals surface area contributed by atoms with Gasteiger partial charge in [0.2, 0.25) is 0 Å². The molecule has 0 heterocycles. The summed E-state index contributed by atoms with van der Waals surface area (Å²) in [5, 5.41) is 18.1. The van der Waals surface area contributed by atoms with Crippen molar-refractivity contribution in [1.82, 2.24) is 0 Å². The van der Waals surface area contributed by atoms with Crippen LogP contribution >= 0.6 is 0 Å². The number of carbonyl (C=O) groups is 1. The van der Waals surface area contributed by atoms with Crippen LogP contribution in [0, 0.1) is 0 Å². The van der Waals surface area contributed by atoms with E-state index < -0.39 is 11.6 Å². The summed E-state index contributed by atoms with van der Waals surface area (Å²) in [5.41, 5.74) is -1.12. The minimum absolute atomic E-state index is 0.206. The highest BCUT2D eigenvalue weighted by Crippen LogP contribution is 2.12. The maximum absolute atomic E-state index is 10.3. The first-order valence-corrected chi connectivity index (χ1v) is 3.87. The van der Waals surface area contributed by atoms with Gasteiger partial charge in [-0.05, 0) is 6.92 Å². The molecule has 0 radical (unpaired) electrons. The fraction of sp³-hybridized carbons (Fsp3) is 0.875. The van der Waals surface area contributed by atoms with Crippen LogP contribution in [0.2, 0.25) is 0 Å². The Morgan fingerprint density at radius 2 is 1.92 bits per heavy atom. The zero-order valence-corrected chi connectivity index (χ0v) is 8.16. The highest BCUT2D eigenvalue weighted by molar-refractivity contribution is 5.68. The van der Waals surface area contributed by atoms with Crippen LogP contribution in [0.25, 0.3) is 0 Å². The Morgan fingerprint density at radius 1 is 1.50 bits per heavy atom. The predicted octanol–water partition coefficient (Wildman–Crippen LogP) is -0.0817. The second kappa shape index (κ2) is 3.41. The monoisotopic (exact) mass is 178 g/mol. The van der Waals surface area contributed by atoms with Gasteiger partial charge in [0, 0.05) is 0 Å². The molecule has 0 amide bonds. The van der Waals surface area contributed by atoms with Crippen molar-refractivity contribution in [3.63, 3.8) is 0 Å². The van der Waals surface area contributed by atoms with Crippen molar-refractivity contribution in [2.45, 2.75) is 18.9 Å². The Hall–Kier alpha value is -0.610. The smallest absolute Gasteiger partial charge is 0.306 e. The number of rotatable bonds is 4. The number of carboxylic acids is 1. The van der Waals surface area contributed by atoms with Crippen molar-refractivity contribution in [3.8, 4) is 0 Å². The van der Waals surface area contributed by atoms with Crippen LogP contribution in [0.3, 0.4) is 0 Å². The van der Waals surface area contributed by atoms with Gasteiger partial charge in [0.05, 0.1) is 27.6 Å². The van der Waals surface area contributed by atoms with Gasteiger partial charge in [0.15, 0.2) is 0 Å². The molecule has 0 fully saturated rings. The van der Waals surface area contributed by atoms with E-state index >= 15 is 0 Å². The summed E-state index contributed by atoms with van der Waals surface area (Å²) in [4.78, 5) is 10.3. The Bertz CT molecular complexity index is 170. The van der Waals surface area contributed by atoms with Crippen LogP contribution < -0.4 is 0 Å². The van der Waals surface area contributed by atoms with Crippen LogP contribution in [0.4, 0.5) is 0 Å². The maximum atomic E-state index is 10.3. The molecule has 0 aliphatic carbocycles. The molecule has 0 saturated carbocycles. The van der Waals surface area contributed by atoms with Crippen molar-refractivity contribution in [2.75, 3.05) is 27.7 Å². The van der Waals surface area contributed by atoms with Gasteiger partial charge in [-0.15, -0.1) is 0 Å². The summed E-state index contributed by atoms with van der Waals surface area (Å²) in [5.74, 6) is -0.964. The SMILES string of the molecule is C[N+](C)(C)C[C@]([14CH3])(O)CC(=O)O. The fourth-order valence-electron chi connectivity index (χ4n) is 1.40. The number of hydrogen-bond acceptors (Lipinski definition) is 2. The van der Waals surface area contributed by atoms with Crippen molar-refractivity contribution < 1.29 is 19.5 Å². The van der Waals surface area contributed by atoms with E-state index in [4.69, 9.17) is 5.11 Å². The van der Waals surface area contributed by atoms with Crippen molar-refractivity contribution in [2.24, 2.45) is 0 Å². The van der Waals surface area contributed by atoms with Gasteiger partial charge in [-0.1, -0.05) is 0 Å². The molecule has 0 aromatic heterocycles. The summed E-state index contributed by atoms with van der Waals surface area (Å²) in [6.07, 6.45) is -0.206. The lowest BCUT2D eigenvalue weighted by Crippen LogP contribution is -2.48. The molecular weight excluding hydrogens is 160 g/mol. The van der Waals surface area contributed by atoms with E-state index in [2.05, 4.69) is 0 Å². The summed E-state index contributed by atoms with van der Waals surface area (Å²) in [6.45, 7) is 1.98. The zero-order valence-electron chi connectivity index (χ0n) is 8.16.